The van der Waals surface area contributed by atoms with E-state index in [1.165, 1.54) is 0 Å². The van der Waals surface area contributed by atoms with E-state index in [2.05, 4.69) is 6.92 Å². The molecule has 3 heteroatoms. The Balaban J connectivity index is 2.25. The van der Waals surface area contributed by atoms with Crippen LogP contribution in [0.25, 0.3) is 0 Å². The highest BCUT2D eigenvalue weighted by atomic mass is 16.5. The molecule has 0 spiro atoms. The third-order valence-electron chi connectivity index (χ3n) is 2.53. The molecule has 0 saturated heterocycles. The van der Waals surface area contributed by atoms with E-state index in [1.54, 1.807) is 0 Å². The number of nitrogens with two attached hydrogens (primary N) is 1. The van der Waals surface area contributed by atoms with E-state index < -0.39 is 0 Å². The van der Waals surface area contributed by atoms with Crippen molar-refractivity contribution in [2.75, 3.05) is 6.61 Å². The second-order valence-corrected chi connectivity index (χ2v) is 4.23. The molecule has 0 aromatic heterocycles. The lowest BCUT2D eigenvalue weighted by molar-refractivity contribution is -0.144. The van der Waals surface area contributed by atoms with Gasteiger partial charge in [-0.3, -0.25) is 4.79 Å². The number of ether oxygens (including phenoxy) is 1. The molecule has 0 aliphatic carbocycles. The molecule has 1 rings (SSSR count). The Morgan fingerprint density at radius 2 is 2.06 bits per heavy atom. The fourth-order valence-electron chi connectivity index (χ4n) is 1.59. The van der Waals surface area contributed by atoms with Crippen molar-refractivity contribution in [1.29, 1.82) is 0 Å². The predicted octanol–water partition coefficient (Wildman–Crippen LogP) is 2.29. The number of carbonyl (C=O) groups excluding carboxylic acids is 1. The summed E-state index contributed by atoms with van der Waals surface area (Å²) in [6.07, 6.45) is 2.95. The molecule has 94 valence electrons. The van der Waals surface area contributed by atoms with E-state index in [9.17, 15) is 4.79 Å². The highest BCUT2D eigenvalue weighted by molar-refractivity contribution is 5.70. The van der Waals surface area contributed by atoms with Crippen molar-refractivity contribution in [3.63, 3.8) is 0 Å². The van der Waals surface area contributed by atoms with Crippen LogP contribution in [0.2, 0.25) is 0 Å². The van der Waals surface area contributed by atoms with E-state index in [0.717, 1.165) is 18.4 Å². The van der Waals surface area contributed by atoms with Crippen LogP contribution in [0.15, 0.2) is 30.3 Å². The topological polar surface area (TPSA) is 52.3 Å². The van der Waals surface area contributed by atoms with Crippen molar-refractivity contribution in [3.05, 3.63) is 35.9 Å². The van der Waals surface area contributed by atoms with Crippen LogP contribution < -0.4 is 5.73 Å². The SMILES string of the molecule is CCCCOC(=O)CC(N)Cc1ccccc1. The van der Waals surface area contributed by atoms with E-state index in [1.807, 2.05) is 30.3 Å². The number of hydrogen-bond acceptors (Lipinski definition) is 3. The minimum Gasteiger partial charge on any atom is -0.466 e. The summed E-state index contributed by atoms with van der Waals surface area (Å²) in [5, 5.41) is 0. The van der Waals surface area contributed by atoms with Gasteiger partial charge in [0.25, 0.3) is 0 Å². The van der Waals surface area contributed by atoms with Crippen LogP contribution in [0.3, 0.4) is 0 Å². The lowest BCUT2D eigenvalue weighted by Gasteiger charge is -2.11. The Morgan fingerprint density at radius 3 is 2.71 bits per heavy atom. The highest BCUT2D eigenvalue weighted by Crippen LogP contribution is 2.05. The first-order valence-electron chi connectivity index (χ1n) is 6.17. The molecular formula is C14H21NO2. The fourth-order valence-corrected chi connectivity index (χ4v) is 1.59. The number of benzene rings is 1. The fraction of sp³-hybridized carbons (Fsp3) is 0.500. The van der Waals surface area contributed by atoms with Crippen LogP contribution in [-0.2, 0) is 16.0 Å². The maximum Gasteiger partial charge on any atom is 0.307 e. The van der Waals surface area contributed by atoms with Crippen molar-refractivity contribution in [3.8, 4) is 0 Å². The van der Waals surface area contributed by atoms with Gasteiger partial charge in [-0.25, -0.2) is 0 Å². The zero-order chi connectivity index (χ0) is 12.5. The van der Waals surface area contributed by atoms with Gasteiger partial charge in [0.1, 0.15) is 0 Å². The van der Waals surface area contributed by atoms with Gasteiger partial charge in [-0.1, -0.05) is 43.7 Å². The third kappa shape index (κ3) is 6.07. The van der Waals surface area contributed by atoms with Gasteiger partial charge in [0.05, 0.1) is 13.0 Å². The summed E-state index contributed by atoms with van der Waals surface area (Å²) in [7, 11) is 0. The molecule has 1 unspecified atom stereocenters. The summed E-state index contributed by atoms with van der Waals surface area (Å²) in [5.74, 6) is -0.193. The zero-order valence-corrected chi connectivity index (χ0v) is 10.4. The number of carbonyl (C=O) groups is 1. The summed E-state index contributed by atoms with van der Waals surface area (Å²) in [5.41, 5.74) is 7.06. The molecule has 3 nitrogen and oxygen atoms in total. The molecule has 1 aromatic rings. The van der Waals surface area contributed by atoms with Gasteiger partial charge in [-0.15, -0.1) is 0 Å². The van der Waals surface area contributed by atoms with Crippen molar-refractivity contribution in [2.45, 2.75) is 38.6 Å². The summed E-state index contributed by atoms with van der Waals surface area (Å²) in [6.45, 7) is 2.57. The second-order valence-electron chi connectivity index (χ2n) is 4.23. The highest BCUT2D eigenvalue weighted by Gasteiger charge is 2.10. The molecule has 1 aromatic carbocycles. The van der Waals surface area contributed by atoms with Crippen LogP contribution in [0.4, 0.5) is 0 Å². The summed E-state index contributed by atoms with van der Waals surface area (Å²) >= 11 is 0. The van der Waals surface area contributed by atoms with Crippen molar-refractivity contribution in [2.24, 2.45) is 5.73 Å². The van der Waals surface area contributed by atoms with Gasteiger partial charge in [0, 0.05) is 6.04 Å². The second kappa shape index (κ2) is 7.85. The molecule has 0 aliphatic rings. The quantitative estimate of drug-likeness (QED) is 0.582. The molecule has 0 fully saturated rings. The average Bonchev–Trinajstić information content (AvgIpc) is 2.30. The molecule has 0 aliphatic heterocycles. The lowest BCUT2D eigenvalue weighted by Crippen LogP contribution is -2.27. The van der Waals surface area contributed by atoms with E-state index >= 15 is 0 Å². The molecule has 0 heterocycles. The Kier molecular flexibility index (Phi) is 6.33. The first kappa shape index (κ1) is 13.7. The lowest BCUT2D eigenvalue weighted by atomic mass is 10.0. The Labute approximate surface area is 103 Å². The number of esters is 1. The Bertz CT molecular complexity index is 324. The Hall–Kier alpha value is -1.35. The first-order valence-corrected chi connectivity index (χ1v) is 6.17. The van der Waals surface area contributed by atoms with Gasteiger partial charge >= 0.3 is 5.97 Å². The van der Waals surface area contributed by atoms with Gasteiger partial charge in [0.2, 0.25) is 0 Å². The van der Waals surface area contributed by atoms with E-state index in [4.69, 9.17) is 10.5 Å². The third-order valence-corrected chi connectivity index (χ3v) is 2.53. The average molecular weight is 235 g/mol. The molecule has 0 saturated carbocycles. The molecule has 17 heavy (non-hydrogen) atoms. The van der Waals surface area contributed by atoms with Crippen LogP contribution in [-0.4, -0.2) is 18.6 Å². The van der Waals surface area contributed by atoms with Crippen LogP contribution in [0, 0.1) is 0 Å². The normalized spacial score (nSPS) is 12.1. The number of hydrogen-bond donors (Lipinski definition) is 1. The standard InChI is InChI=1S/C14H21NO2/c1-2-3-9-17-14(16)11-13(15)10-12-7-5-4-6-8-12/h4-8,13H,2-3,9-11,15H2,1H3. The van der Waals surface area contributed by atoms with Gasteiger partial charge in [-0.2, -0.15) is 0 Å². The monoisotopic (exact) mass is 235 g/mol. The molecule has 2 N–H and O–H groups in total. The van der Waals surface area contributed by atoms with Gasteiger partial charge in [0.15, 0.2) is 0 Å². The van der Waals surface area contributed by atoms with Crippen LogP contribution in [0.5, 0.6) is 0 Å². The maximum atomic E-state index is 11.4. The van der Waals surface area contributed by atoms with Crippen molar-refractivity contribution in [1.82, 2.24) is 0 Å². The number of unbranched alkanes of at least 4 members (excludes halogenated alkanes) is 1. The largest absolute Gasteiger partial charge is 0.466 e. The number of rotatable bonds is 7. The Morgan fingerprint density at radius 1 is 1.35 bits per heavy atom. The smallest absolute Gasteiger partial charge is 0.307 e. The van der Waals surface area contributed by atoms with Crippen LogP contribution >= 0.6 is 0 Å². The summed E-state index contributed by atoms with van der Waals surface area (Å²) < 4.78 is 5.07. The van der Waals surface area contributed by atoms with Gasteiger partial charge in [-0.05, 0) is 18.4 Å². The molecule has 0 bridgehead atoms. The first-order chi connectivity index (χ1) is 8.22. The summed E-state index contributed by atoms with van der Waals surface area (Å²) in [6, 6.07) is 9.79. The molecule has 0 radical (unpaired) electrons. The molecular weight excluding hydrogens is 214 g/mol. The minimum absolute atomic E-state index is 0.161. The minimum atomic E-state index is -0.193. The van der Waals surface area contributed by atoms with E-state index in [0.29, 0.717) is 19.4 Å². The van der Waals surface area contributed by atoms with E-state index in [-0.39, 0.29) is 12.0 Å². The van der Waals surface area contributed by atoms with Crippen molar-refractivity contribution < 1.29 is 9.53 Å². The van der Waals surface area contributed by atoms with Crippen molar-refractivity contribution >= 4 is 5.97 Å². The summed E-state index contributed by atoms with van der Waals surface area (Å²) in [4.78, 5) is 11.4. The van der Waals surface area contributed by atoms with Gasteiger partial charge < -0.3 is 10.5 Å². The predicted molar refractivity (Wildman–Crippen MR) is 68.6 cm³/mol. The van der Waals surface area contributed by atoms with Crippen LogP contribution in [0.1, 0.15) is 31.7 Å². The zero-order valence-electron chi connectivity index (χ0n) is 10.4. The molecule has 1 atom stereocenters. The molecule has 0 amide bonds. The maximum absolute atomic E-state index is 11.4.